The molecule has 2 unspecified atom stereocenters. The minimum atomic E-state index is -1.09. The largest absolute Gasteiger partial charge is 0.386 e. The first-order chi connectivity index (χ1) is 18.4. The first kappa shape index (κ1) is 30.6. The number of thiocarbonyl (C=S) groups is 1. The number of hydrogen-bond acceptors (Lipinski definition) is 6. The number of alkyl halides is 2. The fraction of sp³-hybridized carbons (Fsp3) is 0.481. The molecular weight excluding hydrogens is 600 g/mol. The molecule has 2 aliphatic carbocycles. The molecule has 1 heterocycles. The third-order valence-corrected chi connectivity index (χ3v) is 10.1. The number of hydrogen-bond donors (Lipinski definition) is 5. The van der Waals surface area contributed by atoms with Crippen LogP contribution in [0.1, 0.15) is 36.8 Å². The van der Waals surface area contributed by atoms with Gasteiger partial charge in [0.15, 0.2) is 5.11 Å². The van der Waals surface area contributed by atoms with Gasteiger partial charge in [-0.05, 0) is 61.2 Å². The number of aliphatic hydroxyl groups is 2. The number of nitrogens with zero attached hydrogens (tertiary/aromatic N) is 2. The molecule has 3 aliphatic rings. The van der Waals surface area contributed by atoms with Crippen LogP contribution in [0.3, 0.4) is 0 Å². The van der Waals surface area contributed by atoms with Crippen molar-refractivity contribution in [3.8, 4) is 0 Å². The number of halogens is 4. The van der Waals surface area contributed by atoms with Crippen molar-refractivity contribution in [2.45, 2.75) is 59.5 Å². The van der Waals surface area contributed by atoms with Crippen LogP contribution >= 0.6 is 58.6 Å². The quantitative estimate of drug-likeness (QED) is 0.107. The van der Waals surface area contributed by atoms with Crippen molar-refractivity contribution < 1.29 is 10.2 Å². The topological polar surface area (TPSA) is 92.2 Å². The second kappa shape index (κ2) is 12.2. The summed E-state index contributed by atoms with van der Waals surface area (Å²) in [5, 5.41) is 32.2. The smallest absolute Gasteiger partial charge is 0.184 e. The average Bonchev–Trinajstić information content (AvgIpc) is 3.81. The minimum Gasteiger partial charge on any atom is -0.386 e. The molecule has 3 fully saturated rings. The van der Waals surface area contributed by atoms with Crippen molar-refractivity contribution in [1.29, 1.82) is 0 Å². The van der Waals surface area contributed by atoms with Gasteiger partial charge in [0.2, 0.25) is 0 Å². The summed E-state index contributed by atoms with van der Waals surface area (Å²) >= 11 is 30.5. The van der Waals surface area contributed by atoms with Gasteiger partial charge in [-0.2, -0.15) is 5.10 Å². The zero-order valence-electron chi connectivity index (χ0n) is 21.4. The summed E-state index contributed by atoms with van der Waals surface area (Å²) in [6.07, 6.45) is 3.99. The van der Waals surface area contributed by atoms with Crippen molar-refractivity contribution in [3.05, 3.63) is 69.7 Å². The molecule has 2 aromatic carbocycles. The summed E-state index contributed by atoms with van der Waals surface area (Å²) in [6, 6.07) is 15.0. The molecule has 2 saturated carbocycles. The lowest BCUT2D eigenvalue weighted by atomic mass is 9.88. The summed E-state index contributed by atoms with van der Waals surface area (Å²) in [4.78, 5) is -1.18. The number of rotatable bonds is 11. The second-order valence-corrected chi connectivity index (χ2v) is 13.1. The van der Waals surface area contributed by atoms with E-state index in [-0.39, 0.29) is 6.54 Å². The summed E-state index contributed by atoms with van der Waals surface area (Å²) in [6.45, 7) is 4.51. The SMILES string of the molecule is C=NNCC(O)(Cc1ccccc1Cl)C1(Cl)CC1.OC(Cc1ccccc1Cl)(CN1NCNC1=S)C1(Cl)CC1. The highest BCUT2D eigenvalue weighted by Gasteiger charge is 2.59. The van der Waals surface area contributed by atoms with E-state index in [9.17, 15) is 10.2 Å². The molecule has 39 heavy (non-hydrogen) atoms. The molecule has 2 atom stereocenters. The zero-order chi connectivity index (χ0) is 28.3. The van der Waals surface area contributed by atoms with E-state index in [1.54, 1.807) is 5.01 Å². The van der Waals surface area contributed by atoms with E-state index in [1.807, 2.05) is 48.5 Å². The summed E-state index contributed by atoms with van der Waals surface area (Å²) in [5.74, 6) is 0. The van der Waals surface area contributed by atoms with Crippen LogP contribution < -0.4 is 16.2 Å². The summed E-state index contributed by atoms with van der Waals surface area (Å²) in [5.41, 5.74) is 5.42. The summed E-state index contributed by atoms with van der Waals surface area (Å²) in [7, 11) is 0. The third-order valence-electron chi connectivity index (χ3n) is 7.59. The number of hydrazine groups is 1. The van der Waals surface area contributed by atoms with Crippen molar-refractivity contribution >= 4 is 70.5 Å². The molecule has 0 spiro atoms. The molecular formula is C27H33Cl4N5O2S. The van der Waals surface area contributed by atoms with E-state index >= 15 is 0 Å². The predicted molar refractivity (Wildman–Crippen MR) is 164 cm³/mol. The van der Waals surface area contributed by atoms with Gasteiger partial charge in [0.1, 0.15) is 11.2 Å². The Hall–Kier alpha value is -1.36. The fourth-order valence-electron chi connectivity index (χ4n) is 4.75. The highest BCUT2D eigenvalue weighted by atomic mass is 35.5. The van der Waals surface area contributed by atoms with Gasteiger partial charge in [-0.15, -0.1) is 23.2 Å². The van der Waals surface area contributed by atoms with Gasteiger partial charge < -0.3 is 21.0 Å². The number of nitrogens with one attached hydrogen (secondary N) is 3. The Morgan fingerprint density at radius 3 is 1.85 bits per heavy atom. The van der Waals surface area contributed by atoms with E-state index in [4.69, 9.17) is 58.6 Å². The maximum absolute atomic E-state index is 11.2. The molecule has 2 aromatic rings. The Morgan fingerprint density at radius 1 is 0.923 bits per heavy atom. The highest BCUT2D eigenvalue weighted by molar-refractivity contribution is 7.80. The molecule has 0 amide bonds. The fourth-order valence-corrected chi connectivity index (χ4v) is 5.81. The first-order valence-electron chi connectivity index (χ1n) is 12.7. The van der Waals surface area contributed by atoms with Crippen LogP contribution in [0, 0.1) is 0 Å². The summed E-state index contributed by atoms with van der Waals surface area (Å²) < 4.78 is 0. The van der Waals surface area contributed by atoms with Crippen molar-refractivity contribution in [2.24, 2.45) is 5.10 Å². The van der Waals surface area contributed by atoms with Gasteiger partial charge in [0, 0.05) is 29.6 Å². The van der Waals surface area contributed by atoms with Crippen LogP contribution in [-0.4, -0.2) is 67.8 Å². The molecule has 5 rings (SSSR count). The van der Waals surface area contributed by atoms with Crippen LogP contribution in [-0.2, 0) is 12.8 Å². The molecule has 7 nitrogen and oxygen atoms in total. The van der Waals surface area contributed by atoms with Crippen molar-refractivity contribution in [2.75, 3.05) is 19.8 Å². The monoisotopic (exact) mass is 631 g/mol. The Morgan fingerprint density at radius 2 is 1.41 bits per heavy atom. The molecule has 0 radical (unpaired) electrons. The van der Waals surface area contributed by atoms with Crippen molar-refractivity contribution in [3.63, 3.8) is 0 Å². The molecule has 12 heteroatoms. The lowest BCUT2D eigenvalue weighted by Gasteiger charge is -2.36. The maximum Gasteiger partial charge on any atom is 0.184 e. The first-order valence-corrected chi connectivity index (χ1v) is 14.6. The van der Waals surface area contributed by atoms with Crippen LogP contribution in [0.25, 0.3) is 0 Å². The van der Waals surface area contributed by atoms with Crippen molar-refractivity contribution in [1.82, 2.24) is 21.2 Å². The Kier molecular flexibility index (Phi) is 9.61. The van der Waals surface area contributed by atoms with E-state index in [0.29, 0.717) is 41.2 Å². The zero-order valence-corrected chi connectivity index (χ0v) is 25.2. The molecule has 0 bridgehead atoms. The molecule has 212 valence electrons. The van der Waals surface area contributed by atoms with Gasteiger partial charge >= 0.3 is 0 Å². The average molecular weight is 633 g/mol. The number of β-amino-alcohol motifs (C(OH)–C–C–N with tert-alkyl or cyclic N) is 1. The molecule has 0 aromatic heterocycles. The van der Waals surface area contributed by atoms with Crippen LogP contribution in [0.15, 0.2) is 53.6 Å². The number of benzene rings is 2. The van der Waals surface area contributed by atoms with E-state index in [2.05, 4.69) is 28.0 Å². The van der Waals surface area contributed by atoms with Crippen LogP contribution in [0.2, 0.25) is 10.0 Å². The normalized spacial score (nSPS) is 21.5. The van der Waals surface area contributed by atoms with Gasteiger partial charge in [-0.25, -0.2) is 5.43 Å². The molecule has 1 saturated heterocycles. The Bertz CT molecular complexity index is 1200. The standard InChI is InChI=1S/C14H17Cl2N3OS.C13H16Cl2N2O/c15-11-4-2-1-3-10(11)7-14(20,13(16)5-6-13)8-19-12(21)17-9-18-19;1-16-17-9-13(18,12(15)6-7-12)8-10-4-2-3-5-11(10)14/h1-4,18,20H,5-9H2,(H,17,21);2-5,17-18H,1,6-9H2. The van der Waals surface area contributed by atoms with Crippen LogP contribution in [0.5, 0.6) is 0 Å². The maximum atomic E-state index is 11.2. The third kappa shape index (κ3) is 7.11. The van der Waals surface area contributed by atoms with Gasteiger partial charge in [-0.3, -0.25) is 5.01 Å². The number of hydrazone groups is 1. The highest BCUT2D eigenvalue weighted by Crippen LogP contribution is 2.53. The molecule has 5 N–H and O–H groups in total. The lowest BCUT2D eigenvalue weighted by Crippen LogP contribution is -2.55. The Balaban J connectivity index is 0.000000183. The minimum absolute atomic E-state index is 0.269. The van der Waals surface area contributed by atoms with Crippen LogP contribution in [0.4, 0.5) is 0 Å². The van der Waals surface area contributed by atoms with E-state index in [0.717, 1.165) is 36.8 Å². The van der Waals surface area contributed by atoms with Gasteiger partial charge in [0.25, 0.3) is 0 Å². The van der Waals surface area contributed by atoms with E-state index in [1.165, 1.54) is 0 Å². The van der Waals surface area contributed by atoms with Gasteiger partial charge in [0.05, 0.1) is 29.5 Å². The second-order valence-electron chi connectivity index (χ2n) is 10.4. The van der Waals surface area contributed by atoms with Gasteiger partial charge in [-0.1, -0.05) is 59.6 Å². The Labute approximate surface area is 254 Å². The van der Waals surface area contributed by atoms with E-state index < -0.39 is 21.0 Å². The lowest BCUT2D eigenvalue weighted by molar-refractivity contribution is 0.00280. The molecule has 1 aliphatic heterocycles. The predicted octanol–water partition coefficient (Wildman–Crippen LogP) is 4.63.